The van der Waals surface area contributed by atoms with E-state index in [1.165, 1.54) is 0 Å². The van der Waals surface area contributed by atoms with Crippen LogP contribution in [0.25, 0.3) is 0 Å². The van der Waals surface area contributed by atoms with Gasteiger partial charge in [-0.3, -0.25) is 0 Å². The van der Waals surface area contributed by atoms with Gasteiger partial charge in [0.15, 0.2) is 0 Å². The zero-order chi connectivity index (χ0) is 10.1. The maximum Gasteiger partial charge on any atom is 0.147 e. The molecular formula is C9H14O6. The molecular weight excluding hydrogens is 204 g/mol. The van der Waals surface area contributed by atoms with E-state index in [0.29, 0.717) is 20.0 Å². The minimum Gasteiger partial charge on any atom is -0.353 e. The Morgan fingerprint density at radius 3 is 1.73 bits per heavy atom. The molecule has 6 heteroatoms. The highest BCUT2D eigenvalue weighted by Gasteiger charge is 2.44. The summed E-state index contributed by atoms with van der Waals surface area (Å²) in [4.78, 5) is 0. The second kappa shape index (κ2) is 4.32. The van der Waals surface area contributed by atoms with Gasteiger partial charge in [0.25, 0.3) is 0 Å². The Morgan fingerprint density at radius 2 is 1.13 bits per heavy atom. The zero-order valence-electron chi connectivity index (χ0n) is 8.29. The second-order valence-electron chi connectivity index (χ2n) is 3.77. The summed E-state index contributed by atoms with van der Waals surface area (Å²) in [6.45, 7) is 1.99. The van der Waals surface area contributed by atoms with Crippen molar-refractivity contribution in [3.05, 3.63) is 0 Å². The summed E-state index contributed by atoms with van der Waals surface area (Å²) in [7, 11) is 0. The lowest BCUT2D eigenvalue weighted by Gasteiger charge is -2.41. The maximum atomic E-state index is 5.52. The van der Waals surface area contributed by atoms with Gasteiger partial charge in [0, 0.05) is 0 Å². The smallest absolute Gasteiger partial charge is 0.147 e. The zero-order valence-corrected chi connectivity index (χ0v) is 8.29. The predicted octanol–water partition coefficient (Wildman–Crippen LogP) is -0.526. The normalized spacial score (nSPS) is 46.4. The first-order chi connectivity index (χ1) is 7.45. The average molecular weight is 218 g/mol. The van der Waals surface area contributed by atoms with Gasteiger partial charge >= 0.3 is 0 Å². The molecule has 0 spiro atoms. The number of ether oxygens (including phenoxy) is 6. The molecule has 3 heterocycles. The predicted molar refractivity (Wildman–Crippen MR) is 46.0 cm³/mol. The van der Waals surface area contributed by atoms with Gasteiger partial charge in [-0.1, -0.05) is 0 Å². The Labute approximate surface area is 87.3 Å². The van der Waals surface area contributed by atoms with Crippen LogP contribution in [0.1, 0.15) is 0 Å². The fourth-order valence-electron chi connectivity index (χ4n) is 2.10. The van der Waals surface area contributed by atoms with E-state index in [4.69, 9.17) is 28.4 Å². The van der Waals surface area contributed by atoms with Crippen LogP contribution in [0.2, 0.25) is 0 Å². The van der Waals surface area contributed by atoms with Crippen LogP contribution in [0.3, 0.4) is 0 Å². The number of hydrogen-bond donors (Lipinski definition) is 0. The van der Waals surface area contributed by atoms with Crippen LogP contribution in [-0.4, -0.2) is 58.0 Å². The molecule has 0 aromatic heterocycles. The summed E-state index contributed by atoms with van der Waals surface area (Å²) < 4.78 is 32.2. The molecule has 3 rings (SSSR count). The lowest BCUT2D eigenvalue weighted by Crippen LogP contribution is -2.57. The van der Waals surface area contributed by atoms with E-state index in [-0.39, 0.29) is 38.0 Å². The maximum absolute atomic E-state index is 5.52. The Bertz CT molecular complexity index is 215. The topological polar surface area (TPSA) is 55.4 Å². The Hall–Kier alpha value is -0.240. The molecule has 0 aliphatic carbocycles. The van der Waals surface area contributed by atoms with Crippen LogP contribution >= 0.6 is 0 Å². The lowest BCUT2D eigenvalue weighted by atomic mass is 10.0. The Kier molecular flexibility index (Phi) is 2.87. The Balaban J connectivity index is 1.69. The molecule has 3 fully saturated rings. The third-order valence-electron chi connectivity index (χ3n) is 2.87. The van der Waals surface area contributed by atoms with Gasteiger partial charge in [0.05, 0.1) is 13.2 Å². The number of hydrogen-bond acceptors (Lipinski definition) is 6. The van der Waals surface area contributed by atoms with Gasteiger partial charge in [-0.2, -0.15) is 0 Å². The van der Waals surface area contributed by atoms with Crippen LogP contribution in [0.4, 0.5) is 0 Å². The molecule has 0 radical (unpaired) electrons. The van der Waals surface area contributed by atoms with Gasteiger partial charge in [0.2, 0.25) is 0 Å². The molecule has 4 atom stereocenters. The second-order valence-corrected chi connectivity index (χ2v) is 3.77. The number of rotatable bonds is 1. The molecule has 86 valence electrons. The van der Waals surface area contributed by atoms with Crippen molar-refractivity contribution in [3.63, 3.8) is 0 Å². The van der Waals surface area contributed by atoms with Crippen molar-refractivity contribution in [1.29, 1.82) is 0 Å². The monoisotopic (exact) mass is 218 g/mol. The summed E-state index contributed by atoms with van der Waals surface area (Å²) in [5.41, 5.74) is 0. The minimum absolute atomic E-state index is 0.0540. The van der Waals surface area contributed by atoms with Gasteiger partial charge in [-0.15, -0.1) is 0 Å². The SMILES string of the molecule is C1OC[C@@H]2OCO[C@H]([C@H]3COCO3)[C@@H]2O1. The summed E-state index contributed by atoms with van der Waals surface area (Å²) in [6.07, 6.45) is -0.337. The van der Waals surface area contributed by atoms with E-state index < -0.39 is 0 Å². The Morgan fingerprint density at radius 1 is 0.600 bits per heavy atom. The summed E-state index contributed by atoms with van der Waals surface area (Å²) in [5.74, 6) is 0. The summed E-state index contributed by atoms with van der Waals surface area (Å²) in [6, 6.07) is 0. The molecule has 0 amide bonds. The van der Waals surface area contributed by atoms with Gasteiger partial charge < -0.3 is 28.4 Å². The van der Waals surface area contributed by atoms with Gasteiger partial charge in [0.1, 0.15) is 44.8 Å². The lowest BCUT2D eigenvalue weighted by molar-refractivity contribution is -0.312. The van der Waals surface area contributed by atoms with E-state index in [2.05, 4.69) is 0 Å². The van der Waals surface area contributed by atoms with Crippen LogP contribution in [0.15, 0.2) is 0 Å². The van der Waals surface area contributed by atoms with E-state index in [9.17, 15) is 0 Å². The molecule has 0 saturated carbocycles. The van der Waals surface area contributed by atoms with Crippen molar-refractivity contribution in [3.8, 4) is 0 Å². The van der Waals surface area contributed by atoms with Crippen molar-refractivity contribution in [2.24, 2.45) is 0 Å². The van der Waals surface area contributed by atoms with E-state index in [1.807, 2.05) is 0 Å². The molecule has 3 saturated heterocycles. The van der Waals surface area contributed by atoms with E-state index in [1.54, 1.807) is 0 Å². The minimum atomic E-state index is -0.116. The van der Waals surface area contributed by atoms with Crippen molar-refractivity contribution < 1.29 is 28.4 Å². The van der Waals surface area contributed by atoms with Gasteiger partial charge in [-0.25, -0.2) is 0 Å². The molecule has 6 nitrogen and oxygen atoms in total. The van der Waals surface area contributed by atoms with Crippen LogP contribution < -0.4 is 0 Å². The van der Waals surface area contributed by atoms with Crippen molar-refractivity contribution in [1.82, 2.24) is 0 Å². The highest BCUT2D eigenvalue weighted by Crippen LogP contribution is 2.26. The highest BCUT2D eigenvalue weighted by molar-refractivity contribution is 4.89. The van der Waals surface area contributed by atoms with Crippen molar-refractivity contribution in [2.45, 2.75) is 24.4 Å². The fraction of sp³-hybridized carbons (Fsp3) is 1.00. The van der Waals surface area contributed by atoms with Crippen LogP contribution in [-0.2, 0) is 28.4 Å². The number of fused-ring (bicyclic) bond motifs is 1. The third-order valence-corrected chi connectivity index (χ3v) is 2.87. The third kappa shape index (κ3) is 1.89. The van der Waals surface area contributed by atoms with E-state index >= 15 is 0 Å². The highest BCUT2D eigenvalue weighted by atomic mass is 16.8. The molecule has 3 aliphatic rings. The quantitative estimate of drug-likeness (QED) is 0.590. The first kappa shape index (κ1) is 9.95. The summed E-state index contributed by atoms with van der Waals surface area (Å²) >= 11 is 0. The van der Waals surface area contributed by atoms with Crippen LogP contribution in [0.5, 0.6) is 0 Å². The molecule has 15 heavy (non-hydrogen) atoms. The van der Waals surface area contributed by atoms with Gasteiger partial charge in [-0.05, 0) is 0 Å². The van der Waals surface area contributed by atoms with Crippen molar-refractivity contribution in [2.75, 3.05) is 33.6 Å². The molecule has 0 N–H and O–H groups in total. The molecule has 0 aromatic carbocycles. The fourth-order valence-corrected chi connectivity index (χ4v) is 2.10. The molecule has 0 bridgehead atoms. The standard InChI is InChI=1S/C9H14O6/c1-6(12-3-10-1)9-8-7(13-5-15-9)2-11-4-14-8/h6-9H,1-5H2/t6-,7+,8-,9-/m1/s1. The molecule has 0 aromatic rings. The summed E-state index contributed by atoms with van der Waals surface area (Å²) in [5, 5.41) is 0. The largest absolute Gasteiger partial charge is 0.353 e. The molecule has 3 aliphatic heterocycles. The average Bonchev–Trinajstić information content (AvgIpc) is 2.82. The van der Waals surface area contributed by atoms with Crippen LogP contribution in [0, 0.1) is 0 Å². The van der Waals surface area contributed by atoms with Crippen molar-refractivity contribution >= 4 is 0 Å². The van der Waals surface area contributed by atoms with E-state index in [0.717, 1.165) is 0 Å². The molecule has 0 unspecified atom stereocenters. The first-order valence-corrected chi connectivity index (χ1v) is 5.07. The first-order valence-electron chi connectivity index (χ1n) is 5.07.